The molecule has 1 atom stereocenters. The molecule has 2 aromatic heterocycles. The first-order valence-electron chi connectivity index (χ1n) is 13.1. The van der Waals surface area contributed by atoms with Gasteiger partial charge in [-0.15, -0.1) is 0 Å². The first-order chi connectivity index (χ1) is 20.7. The molecular weight excluding hydrogens is 556 g/mol. The van der Waals surface area contributed by atoms with E-state index in [1.165, 1.54) is 23.2 Å². The number of carboxylic acids is 1. The van der Waals surface area contributed by atoms with Gasteiger partial charge in [-0.25, -0.2) is 9.78 Å². The van der Waals surface area contributed by atoms with Gasteiger partial charge in [0.1, 0.15) is 11.9 Å². The average Bonchev–Trinajstić information content (AvgIpc) is 3.24. The number of fused-ring (bicyclic) bond motifs is 2. The Morgan fingerprint density at radius 1 is 1.02 bits per heavy atom. The highest BCUT2D eigenvalue weighted by atomic mass is 16.4. The fourth-order valence-corrected chi connectivity index (χ4v) is 4.77. The zero-order valence-electron chi connectivity index (χ0n) is 22.6. The molecule has 0 fully saturated rings. The fourth-order valence-electron chi connectivity index (χ4n) is 4.77. The lowest BCUT2D eigenvalue weighted by molar-refractivity contribution is -0.139. The third-order valence-corrected chi connectivity index (χ3v) is 6.95. The van der Waals surface area contributed by atoms with Gasteiger partial charge in [0.25, 0.3) is 17.7 Å². The van der Waals surface area contributed by atoms with Crippen LogP contribution in [0.3, 0.4) is 0 Å². The molecule has 1 aliphatic rings. The summed E-state index contributed by atoms with van der Waals surface area (Å²) in [7, 11) is 0. The average molecular weight is 583 g/mol. The highest BCUT2D eigenvalue weighted by molar-refractivity contribution is 6.21. The zero-order valence-corrected chi connectivity index (χ0v) is 22.6. The Hall–Kier alpha value is -5.92. The van der Waals surface area contributed by atoms with Crippen LogP contribution >= 0.6 is 0 Å². The topological polar surface area (TPSA) is 215 Å². The van der Waals surface area contributed by atoms with Crippen molar-refractivity contribution in [1.82, 2.24) is 25.2 Å². The van der Waals surface area contributed by atoms with Crippen LogP contribution < -0.4 is 21.7 Å². The van der Waals surface area contributed by atoms with Gasteiger partial charge in [-0.05, 0) is 60.9 Å². The molecule has 4 aromatic rings. The van der Waals surface area contributed by atoms with Gasteiger partial charge in [-0.3, -0.25) is 24.1 Å². The molecule has 0 bridgehead atoms. The van der Waals surface area contributed by atoms with E-state index in [0.717, 1.165) is 4.90 Å². The number of carboxylic acid groups (broad SMARTS) is 1. The summed E-state index contributed by atoms with van der Waals surface area (Å²) >= 11 is 0. The second kappa shape index (κ2) is 11.9. The lowest BCUT2D eigenvalue weighted by Crippen LogP contribution is -2.41. The number of aromatic nitrogens is 3. The van der Waals surface area contributed by atoms with E-state index in [1.807, 2.05) is 0 Å². The van der Waals surface area contributed by atoms with Crippen molar-refractivity contribution in [3.63, 3.8) is 0 Å². The number of hydrogen-bond acceptors (Lipinski definition) is 10. The number of nitrogen functional groups attached to an aromatic ring is 2. The van der Waals surface area contributed by atoms with E-state index < -0.39 is 29.7 Å². The normalized spacial score (nSPS) is 13.1. The van der Waals surface area contributed by atoms with Gasteiger partial charge in [-0.1, -0.05) is 12.1 Å². The van der Waals surface area contributed by atoms with Gasteiger partial charge in [-0.2, -0.15) is 9.97 Å². The molecule has 218 valence electrons. The van der Waals surface area contributed by atoms with Crippen LogP contribution in [0, 0.1) is 0 Å². The molecule has 6 N–H and O–H groups in total. The van der Waals surface area contributed by atoms with Crippen molar-refractivity contribution in [1.29, 1.82) is 0 Å². The molecule has 5 rings (SSSR count). The molecule has 43 heavy (non-hydrogen) atoms. The van der Waals surface area contributed by atoms with E-state index in [-0.39, 0.29) is 43.3 Å². The van der Waals surface area contributed by atoms with Gasteiger partial charge in [0.2, 0.25) is 12.4 Å². The minimum absolute atomic E-state index is 0.0000346. The lowest BCUT2D eigenvalue weighted by Gasteiger charge is -2.19. The molecule has 0 unspecified atom stereocenters. The number of amides is 4. The van der Waals surface area contributed by atoms with Gasteiger partial charge in [0.15, 0.2) is 5.65 Å². The van der Waals surface area contributed by atoms with E-state index in [1.54, 1.807) is 42.5 Å². The van der Waals surface area contributed by atoms with E-state index in [0.29, 0.717) is 39.8 Å². The molecule has 3 heterocycles. The predicted octanol–water partition coefficient (Wildman–Crippen LogP) is 1.61. The number of rotatable bonds is 11. The molecule has 0 aliphatic carbocycles. The number of hydrogen-bond donors (Lipinski definition) is 4. The second-order valence-electron chi connectivity index (χ2n) is 9.78. The summed E-state index contributed by atoms with van der Waals surface area (Å²) in [5.41, 5.74) is 13.8. The summed E-state index contributed by atoms with van der Waals surface area (Å²) < 4.78 is 0. The molecule has 0 saturated carbocycles. The summed E-state index contributed by atoms with van der Waals surface area (Å²) in [5.74, 6) is -2.58. The minimum atomic E-state index is -1.25. The van der Waals surface area contributed by atoms with Crippen molar-refractivity contribution in [3.8, 4) is 0 Å². The number of carbonyl (C=O) groups excluding carboxylic acids is 4. The quantitative estimate of drug-likeness (QED) is 0.147. The fraction of sp³-hybridized carbons (Fsp3) is 0.172. The minimum Gasteiger partial charge on any atom is -0.480 e. The van der Waals surface area contributed by atoms with Crippen LogP contribution in [-0.2, 0) is 16.1 Å². The van der Waals surface area contributed by atoms with E-state index >= 15 is 0 Å². The van der Waals surface area contributed by atoms with Crippen molar-refractivity contribution >= 4 is 58.6 Å². The standard InChI is InChI=1S/C29H26N8O6/c30-23-21-12-16(13-32-24(21)35-29(31)34-23)14-36(15-38)18-9-7-17(8-10-18)25(39)33-22(28(42)43)6-3-11-37-26(40)19-4-1-2-5-20(19)27(37)41/h1-2,4-5,7-10,12-13,15,22H,3,6,11,14H2,(H,33,39)(H,42,43)(H4,30,31,32,34,35)/t22-/m0/s1. The van der Waals surface area contributed by atoms with Gasteiger partial charge >= 0.3 is 5.97 Å². The third kappa shape index (κ3) is 5.93. The summed E-state index contributed by atoms with van der Waals surface area (Å²) in [6.07, 6.45) is 2.32. The maximum Gasteiger partial charge on any atom is 0.326 e. The lowest BCUT2D eigenvalue weighted by atomic mass is 10.1. The van der Waals surface area contributed by atoms with E-state index in [9.17, 15) is 29.1 Å². The van der Waals surface area contributed by atoms with Crippen LogP contribution in [0.25, 0.3) is 11.0 Å². The smallest absolute Gasteiger partial charge is 0.326 e. The number of nitrogens with one attached hydrogen (secondary N) is 1. The van der Waals surface area contributed by atoms with Crippen LogP contribution in [0.5, 0.6) is 0 Å². The number of carbonyl (C=O) groups is 5. The SMILES string of the molecule is Nc1nc(N)c2cc(CN(C=O)c3ccc(C(=O)N[C@@H](CCCN4C(=O)c5ccccc5C4=O)C(=O)O)cc3)cnc2n1. The summed E-state index contributed by atoms with van der Waals surface area (Å²) in [5, 5.41) is 12.6. The number of anilines is 3. The molecule has 0 spiro atoms. The van der Waals surface area contributed by atoms with Crippen LogP contribution in [0.4, 0.5) is 17.5 Å². The zero-order chi connectivity index (χ0) is 30.7. The highest BCUT2D eigenvalue weighted by Crippen LogP contribution is 2.24. The molecule has 2 aromatic carbocycles. The van der Waals surface area contributed by atoms with Gasteiger partial charge in [0, 0.05) is 24.0 Å². The summed E-state index contributed by atoms with van der Waals surface area (Å²) in [6.45, 7) is 0.151. The number of nitrogens with two attached hydrogens (primary N) is 2. The number of benzene rings is 2. The largest absolute Gasteiger partial charge is 0.480 e. The molecular formula is C29H26N8O6. The van der Waals surface area contributed by atoms with Crippen molar-refractivity contribution in [2.45, 2.75) is 25.4 Å². The number of imide groups is 1. The second-order valence-corrected chi connectivity index (χ2v) is 9.78. The molecule has 0 saturated heterocycles. The van der Waals surface area contributed by atoms with Crippen molar-refractivity contribution in [2.24, 2.45) is 0 Å². The number of nitrogens with zero attached hydrogens (tertiary/aromatic N) is 5. The first-order valence-corrected chi connectivity index (χ1v) is 13.1. The Morgan fingerprint density at radius 2 is 1.70 bits per heavy atom. The maximum atomic E-state index is 12.8. The third-order valence-electron chi connectivity index (χ3n) is 6.95. The highest BCUT2D eigenvalue weighted by Gasteiger charge is 2.35. The molecule has 14 heteroatoms. The van der Waals surface area contributed by atoms with Crippen LogP contribution in [0.15, 0.2) is 60.8 Å². The van der Waals surface area contributed by atoms with Gasteiger partial charge < -0.3 is 26.8 Å². The number of pyridine rings is 1. The molecule has 4 amide bonds. The Morgan fingerprint density at radius 3 is 2.33 bits per heavy atom. The Kier molecular flexibility index (Phi) is 7.92. The Bertz CT molecular complexity index is 1730. The van der Waals surface area contributed by atoms with Gasteiger partial charge in [0.05, 0.1) is 23.1 Å². The van der Waals surface area contributed by atoms with E-state index in [2.05, 4.69) is 20.3 Å². The van der Waals surface area contributed by atoms with Crippen molar-refractivity contribution in [3.05, 3.63) is 83.0 Å². The summed E-state index contributed by atoms with van der Waals surface area (Å²) in [6, 6.07) is 12.9. The molecule has 1 aliphatic heterocycles. The van der Waals surface area contributed by atoms with Crippen LogP contribution in [-0.4, -0.2) is 67.6 Å². The Labute approximate surface area is 244 Å². The molecule has 0 radical (unpaired) electrons. The number of aliphatic carboxylic acids is 1. The van der Waals surface area contributed by atoms with Crippen LogP contribution in [0.1, 0.15) is 49.5 Å². The monoisotopic (exact) mass is 582 g/mol. The van der Waals surface area contributed by atoms with E-state index in [4.69, 9.17) is 11.5 Å². The Balaban J connectivity index is 1.19. The van der Waals surface area contributed by atoms with Crippen molar-refractivity contribution in [2.75, 3.05) is 22.9 Å². The summed E-state index contributed by atoms with van der Waals surface area (Å²) in [4.78, 5) is 76.3. The predicted molar refractivity (Wildman–Crippen MR) is 155 cm³/mol. The van der Waals surface area contributed by atoms with Crippen LogP contribution in [0.2, 0.25) is 0 Å². The molecule has 14 nitrogen and oxygen atoms in total. The maximum absolute atomic E-state index is 12.8. The first kappa shape index (κ1) is 28.6. The van der Waals surface area contributed by atoms with Crippen molar-refractivity contribution < 1.29 is 29.1 Å².